The third-order valence-electron chi connectivity index (χ3n) is 0.419. The number of primary amides is 1. The summed E-state index contributed by atoms with van der Waals surface area (Å²) in [4.78, 5) is 33.0. The van der Waals surface area contributed by atoms with Crippen molar-refractivity contribution in [1.29, 1.82) is 0 Å². The van der Waals surface area contributed by atoms with Crippen LogP contribution in [0, 0.1) is 0 Å². The third kappa shape index (κ3) is 6.84. The molecule has 11 heavy (non-hydrogen) atoms. The number of hydrogen-bond acceptors (Lipinski definition) is 4. The van der Waals surface area contributed by atoms with Crippen LogP contribution in [-0.2, 0) is 36.8 Å². The summed E-state index contributed by atoms with van der Waals surface area (Å²) < 4.78 is 0. The third-order valence-corrected chi connectivity index (χ3v) is 0.419. The molecule has 1 radical (unpaired) electrons. The van der Waals surface area contributed by atoms with Crippen LogP contribution in [0.25, 0.3) is 0 Å². The van der Waals surface area contributed by atoms with E-state index < -0.39 is 18.0 Å². The quantitative estimate of drug-likeness (QED) is 0.272. The topological polar surface area (TPSA) is 119 Å². The molecule has 0 aromatic rings. The zero-order chi connectivity index (χ0) is 8.15. The molecule has 0 saturated heterocycles. The molecule has 0 aliphatic heterocycles. The second kappa shape index (κ2) is 5.71. The van der Waals surface area contributed by atoms with Crippen molar-refractivity contribution in [3.63, 3.8) is 0 Å². The summed E-state index contributed by atoms with van der Waals surface area (Å²) in [5.41, 5.74) is 5.76. The molecule has 0 spiro atoms. The molecule has 0 atom stereocenters. The Labute approximate surface area is 76.3 Å². The van der Waals surface area contributed by atoms with Gasteiger partial charge in [-0.05, 0) is 0 Å². The molecule has 0 fully saturated rings. The summed E-state index contributed by atoms with van der Waals surface area (Å²) in [6.07, 6.45) is 0. The van der Waals surface area contributed by atoms with Gasteiger partial charge in [-0.1, -0.05) is 0 Å². The van der Waals surface area contributed by atoms with E-state index in [4.69, 9.17) is 5.11 Å². The molecule has 7 nitrogen and oxygen atoms in total. The second-order valence-corrected chi connectivity index (χ2v) is 1.16. The van der Waals surface area contributed by atoms with E-state index in [1.54, 1.807) is 0 Å². The van der Waals surface area contributed by atoms with E-state index in [0.717, 1.165) is 0 Å². The van der Waals surface area contributed by atoms with Gasteiger partial charge in [-0.3, -0.25) is 0 Å². The predicted octanol–water partition coefficient (Wildman–Crippen LogP) is -1.80. The summed E-state index contributed by atoms with van der Waals surface area (Å²) in [5, 5.41) is 7.83. The van der Waals surface area contributed by atoms with Crippen molar-refractivity contribution >= 4 is 18.0 Å². The van der Waals surface area contributed by atoms with Crippen LogP contribution in [0.15, 0.2) is 0 Å². The molecule has 67 valence electrons. The van der Waals surface area contributed by atoms with Crippen molar-refractivity contribution in [2.75, 3.05) is 0 Å². The first-order chi connectivity index (χ1) is 4.54. The molecule has 0 aromatic carbocycles. The van der Waals surface area contributed by atoms with Crippen molar-refractivity contribution in [1.82, 2.24) is 5.48 Å². The van der Waals surface area contributed by atoms with Crippen LogP contribution in [0.5, 0.6) is 0 Å². The van der Waals surface area contributed by atoms with Crippen LogP contribution in [0.2, 0.25) is 0 Å². The van der Waals surface area contributed by atoms with E-state index in [-0.39, 0.29) is 22.4 Å². The number of urea groups is 1. The molecule has 4 N–H and O–H groups in total. The zero-order valence-electron chi connectivity index (χ0n) is 4.96. The maximum atomic E-state index is 9.96. The van der Waals surface area contributed by atoms with Gasteiger partial charge in [0.25, 0.3) is 0 Å². The number of rotatable bonds is 0. The molecule has 0 bridgehead atoms. The van der Waals surface area contributed by atoms with Gasteiger partial charge in [0, 0.05) is 22.4 Å². The van der Waals surface area contributed by atoms with Crippen molar-refractivity contribution in [3.05, 3.63) is 0 Å². The van der Waals surface area contributed by atoms with Crippen molar-refractivity contribution < 1.29 is 46.7 Å². The average molecular weight is 345 g/mol. The first kappa shape index (κ1) is 12.6. The molecule has 0 aliphatic rings. The van der Waals surface area contributed by atoms with Gasteiger partial charge in [-0.2, -0.15) is 5.48 Å². The first-order valence-corrected chi connectivity index (χ1v) is 2.03. The number of nitrogens with one attached hydrogen (secondary N) is 1. The Morgan fingerprint density at radius 2 is 1.82 bits per heavy atom. The minimum atomic E-state index is -1.81. The molecule has 2 amide bonds. The number of carboxylic acids is 1. The smallest absolute Gasteiger partial charge is 0.441 e. The molecular formula is C3H4AuN2O5. The molecular weight excluding hydrogens is 341 g/mol. The number of amides is 2. The number of hydroxylamine groups is 1. The number of carbonyl (C=O) groups excluding carboxylic acids is 2. The number of aliphatic carboxylic acids is 1. The molecule has 8 heteroatoms. The summed E-state index contributed by atoms with van der Waals surface area (Å²) >= 11 is 0. The fourth-order valence-electron chi connectivity index (χ4n) is 0.140. The van der Waals surface area contributed by atoms with Gasteiger partial charge < -0.3 is 15.7 Å². The standard InChI is InChI=1S/C3H4N2O5.Au/c4-3(9)5-10-2(8)1(6)7;/h(H,6,7)(H3,4,5,9);. The van der Waals surface area contributed by atoms with Crippen LogP contribution < -0.4 is 11.2 Å². The normalized spacial score (nSPS) is 7.27. The van der Waals surface area contributed by atoms with Gasteiger partial charge in [0.1, 0.15) is 0 Å². The maximum absolute atomic E-state index is 9.96. The Balaban J connectivity index is 0. The minimum absolute atomic E-state index is 0. The van der Waals surface area contributed by atoms with E-state index >= 15 is 0 Å². The Morgan fingerprint density at radius 1 is 1.36 bits per heavy atom. The number of hydrogen-bond donors (Lipinski definition) is 3. The van der Waals surface area contributed by atoms with E-state index in [1.807, 2.05) is 0 Å². The van der Waals surface area contributed by atoms with Gasteiger partial charge in [0.05, 0.1) is 0 Å². The predicted molar refractivity (Wildman–Crippen MR) is 26.4 cm³/mol. The molecule has 0 saturated carbocycles. The van der Waals surface area contributed by atoms with E-state index in [2.05, 4.69) is 10.6 Å². The zero-order valence-corrected chi connectivity index (χ0v) is 7.13. The first-order valence-electron chi connectivity index (χ1n) is 2.03. The number of carbonyl (C=O) groups is 3. The van der Waals surface area contributed by atoms with Crippen LogP contribution in [-0.4, -0.2) is 23.1 Å². The molecule has 0 aliphatic carbocycles. The van der Waals surface area contributed by atoms with Crippen LogP contribution in [0.3, 0.4) is 0 Å². The Kier molecular flexibility index (Phi) is 6.55. The van der Waals surface area contributed by atoms with Crippen molar-refractivity contribution in [2.24, 2.45) is 5.73 Å². The van der Waals surface area contributed by atoms with Gasteiger partial charge in [0.15, 0.2) is 0 Å². The SMILES string of the molecule is NC(=O)NOC(=O)C(=O)O.[Au]. The van der Waals surface area contributed by atoms with E-state index in [0.29, 0.717) is 0 Å². The summed E-state index contributed by atoms with van der Waals surface area (Å²) in [7, 11) is 0. The van der Waals surface area contributed by atoms with Crippen LogP contribution >= 0.6 is 0 Å². The molecule has 0 aromatic heterocycles. The van der Waals surface area contributed by atoms with E-state index in [9.17, 15) is 14.4 Å². The largest absolute Gasteiger partial charge is 0.473 e. The van der Waals surface area contributed by atoms with Gasteiger partial charge in [0.2, 0.25) is 0 Å². The second-order valence-electron chi connectivity index (χ2n) is 1.16. The fourth-order valence-corrected chi connectivity index (χ4v) is 0.140. The summed E-state index contributed by atoms with van der Waals surface area (Å²) in [5.74, 6) is -3.41. The van der Waals surface area contributed by atoms with Crippen LogP contribution in [0.1, 0.15) is 0 Å². The summed E-state index contributed by atoms with van der Waals surface area (Å²) in [6.45, 7) is 0. The number of carboxylic acid groups (broad SMARTS) is 1. The monoisotopic (exact) mass is 345 g/mol. The summed E-state index contributed by atoms with van der Waals surface area (Å²) in [6, 6.07) is -1.14. The van der Waals surface area contributed by atoms with Crippen molar-refractivity contribution in [2.45, 2.75) is 0 Å². The Morgan fingerprint density at radius 3 is 2.09 bits per heavy atom. The van der Waals surface area contributed by atoms with Gasteiger partial charge in [-0.25, -0.2) is 14.4 Å². The average Bonchev–Trinajstić information content (AvgIpc) is 1.82. The van der Waals surface area contributed by atoms with Crippen molar-refractivity contribution in [3.8, 4) is 0 Å². The van der Waals surface area contributed by atoms with Crippen LogP contribution in [0.4, 0.5) is 4.79 Å². The molecule has 0 rings (SSSR count). The fraction of sp³-hybridized carbons (Fsp3) is 0. The minimum Gasteiger partial charge on any atom is -0.473 e. The Bertz CT molecular complexity index is 181. The van der Waals surface area contributed by atoms with E-state index in [1.165, 1.54) is 5.48 Å². The maximum Gasteiger partial charge on any atom is 0.441 e. The molecule has 0 heterocycles. The number of nitrogens with two attached hydrogens (primary N) is 1. The van der Waals surface area contributed by atoms with Gasteiger partial charge in [-0.15, -0.1) is 0 Å². The van der Waals surface area contributed by atoms with Gasteiger partial charge >= 0.3 is 18.0 Å². The molecule has 0 unspecified atom stereocenters. The Hall–Kier alpha value is -1.05.